The fraction of sp³-hybridized carbons (Fsp3) is 0.310. The summed E-state index contributed by atoms with van der Waals surface area (Å²) in [5.41, 5.74) is 7.56. The summed E-state index contributed by atoms with van der Waals surface area (Å²) in [7, 11) is 0. The highest BCUT2D eigenvalue weighted by molar-refractivity contribution is 9.10. The van der Waals surface area contributed by atoms with Gasteiger partial charge < -0.3 is 5.11 Å². The summed E-state index contributed by atoms with van der Waals surface area (Å²) in [5, 5.41) is 9.58. The second-order valence-electron chi connectivity index (χ2n) is 8.59. The lowest BCUT2D eigenvalue weighted by Gasteiger charge is -2.26. The number of likely N-dealkylation sites (tertiary alicyclic amines) is 1. The molecule has 174 valence electrons. The van der Waals surface area contributed by atoms with E-state index in [9.17, 15) is 5.11 Å². The highest BCUT2D eigenvalue weighted by Crippen LogP contribution is 2.35. The largest absolute Gasteiger partial charge is 0.396 e. The van der Waals surface area contributed by atoms with Gasteiger partial charge in [-0.15, -0.1) is 12.4 Å². The maximum atomic E-state index is 9.58. The van der Waals surface area contributed by atoms with Gasteiger partial charge in [0.25, 0.3) is 0 Å². The first kappa shape index (κ1) is 25.7. The molecule has 3 aromatic carbocycles. The van der Waals surface area contributed by atoms with Gasteiger partial charge in [-0.1, -0.05) is 89.1 Å². The Morgan fingerprint density at radius 2 is 1.36 bits per heavy atom. The van der Waals surface area contributed by atoms with Gasteiger partial charge in [0.15, 0.2) is 0 Å². The molecule has 1 aliphatic heterocycles. The SMILES string of the molecule is Cl.OCCC/C(=C(\c1ccc(Br)cc1)c1ccc(CN2CCCCC2)cc1)c1ccccc1. The van der Waals surface area contributed by atoms with E-state index in [1.165, 1.54) is 65.8 Å². The lowest BCUT2D eigenvalue weighted by molar-refractivity contribution is 0.221. The van der Waals surface area contributed by atoms with Crippen molar-refractivity contribution >= 4 is 39.5 Å². The Labute approximate surface area is 212 Å². The summed E-state index contributed by atoms with van der Waals surface area (Å²) in [6.45, 7) is 3.66. The maximum absolute atomic E-state index is 9.58. The van der Waals surface area contributed by atoms with Crippen LogP contribution < -0.4 is 0 Å². The van der Waals surface area contributed by atoms with Crippen LogP contribution in [0.3, 0.4) is 0 Å². The first-order valence-electron chi connectivity index (χ1n) is 11.7. The van der Waals surface area contributed by atoms with Crippen LogP contribution >= 0.6 is 28.3 Å². The zero-order valence-electron chi connectivity index (χ0n) is 19.1. The predicted octanol–water partition coefficient (Wildman–Crippen LogP) is 7.59. The summed E-state index contributed by atoms with van der Waals surface area (Å²) in [6, 6.07) is 28.3. The van der Waals surface area contributed by atoms with E-state index >= 15 is 0 Å². The minimum atomic E-state index is 0. The Kier molecular flexibility index (Phi) is 10.2. The van der Waals surface area contributed by atoms with Crippen molar-refractivity contribution in [2.24, 2.45) is 0 Å². The van der Waals surface area contributed by atoms with Crippen LogP contribution in [0.2, 0.25) is 0 Å². The standard InChI is InChI=1S/C29H32BrNO.ClH/c30-27-17-15-26(16-18-27)29(28(10-7-21-32)24-8-3-1-4-9-24)25-13-11-23(12-14-25)22-31-19-5-2-6-20-31;/h1,3-4,8-9,11-18,32H,2,5-7,10,19-22H2;1H/b29-28+;. The summed E-state index contributed by atoms with van der Waals surface area (Å²) >= 11 is 3.58. The second kappa shape index (κ2) is 13.1. The number of hydrogen-bond acceptors (Lipinski definition) is 2. The van der Waals surface area contributed by atoms with Crippen LogP contribution in [0.25, 0.3) is 11.1 Å². The van der Waals surface area contributed by atoms with Gasteiger partial charge in [-0.3, -0.25) is 4.90 Å². The fourth-order valence-electron chi connectivity index (χ4n) is 4.59. The van der Waals surface area contributed by atoms with Crippen LogP contribution in [0.1, 0.15) is 54.4 Å². The summed E-state index contributed by atoms with van der Waals surface area (Å²) in [5.74, 6) is 0. The van der Waals surface area contributed by atoms with Gasteiger partial charge >= 0.3 is 0 Å². The zero-order chi connectivity index (χ0) is 22.2. The van der Waals surface area contributed by atoms with Crippen molar-refractivity contribution in [2.75, 3.05) is 19.7 Å². The van der Waals surface area contributed by atoms with E-state index in [1.807, 2.05) is 0 Å². The lowest BCUT2D eigenvalue weighted by Crippen LogP contribution is -2.29. The number of piperidine rings is 1. The molecule has 0 atom stereocenters. The van der Waals surface area contributed by atoms with Gasteiger partial charge in [0.1, 0.15) is 0 Å². The molecule has 0 saturated carbocycles. The Hall–Kier alpha value is -1.91. The first-order chi connectivity index (χ1) is 15.7. The monoisotopic (exact) mass is 525 g/mol. The van der Waals surface area contributed by atoms with Crippen LogP contribution in [0.5, 0.6) is 0 Å². The Balaban J connectivity index is 0.00000306. The van der Waals surface area contributed by atoms with E-state index in [4.69, 9.17) is 0 Å². The van der Waals surface area contributed by atoms with Crippen LogP contribution in [-0.2, 0) is 6.54 Å². The number of allylic oxidation sites excluding steroid dienone is 1. The minimum absolute atomic E-state index is 0. The van der Waals surface area contributed by atoms with Gasteiger partial charge in [0.2, 0.25) is 0 Å². The summed E-state index contributed by atoms with van der Waals surface area (Å²) in [4.78, 5) is 2.57. The number of halogens is 2. The van der Waals surface area contributed by atoms with Crippen molar-refractivity contribution in [1.29, 1.82) is 0 Å². The molecule has 0 aromatic heterocycles. The molecule has 33 heavy (non-hydrogen) atoms. The summed E-state index contributed by atoms with van der Waals surface area (Å²) in [6.07, 6.45) is 5.59. The van der Waals surface area contributed by atoms with Gasteiger partial charge in [-0.2, -0.15) is 0 Å². The molecular weight excluding hydrogens is 494 g/mol. The molecule has 1 heterocycles. The van der Waals surface area contributed by atoms with Gasteiger partial charge in [0, 0.05) is 17.6 Å². The van der Waals surface area contributed by atoms with E-state index in [2.05, 4.69) is 99.7 Å². The van der Waals surface area contributed by atoms with Crippen molar-refractivity contribution in [1.82, 2.24) is 4.90 Å². The van der Waals surface area contributed by atoms with Crippen LogP contribution in [0, 0.1) is 0 Å². The highest BCUT2D eigenvalue weighted by atomic mass is 79.9. The molecule has 1 N–H and O–H groups in total. The van der Waals surface area contributed by atoms with Crippen LogP contribution in [-0.4, -0.2) is 29.7 Å². The van der Waals surface area contributed by atoms with Gasteiger partial charge in [-0.05, 0) is 84.3 Å². The predicted molar refractivity (Wildman–Crippen MR) is 146 cm³/mol. The van der Waals surface area contributed by atoms with E-state index in [1.54, 1.807) is 0 Å². The molecule has 3 aromatic rings. The molecule has 1 saturated heterocycles. The first-order valence-corrected chi connectivity index (χ1v) is 12.5. The van der Waals surface area contributed by atoms with Gasteiger partial charge in [-0.25, -0.2) is 0 Å². The number of aliphatic hydroxyl groups excluding tert-OH is 1. The Bertz CT molecular complexity index is 1010. The molecule has 4 rings (SSSR count). The van der Waals surface area contributed by atoms with Crippen molar-refractivity contribution in [2.45, 2.75) is 38.6 Å². The van der Waals surface area contributed by atoms with Crippen molar-refractivity contribution in [3.63, 3.8) is 0 Å². The molecule has 0 aliphatic carbocycles. The lowest BCUT2D eigenvalue weighted by atomic mass is 9.87. The normalized spacial score (nSPS) is 15.0. The quantitative estimate of drug-likeness (QED) is 0.306. The fourth-order valence-corrected chi connectivity index (χ4v) is 4.86. The number of aliphatic hydroxyl groups is 1. The number of benzene rings is 3. The average Bonchev–Trinajstić information content (AvgIpc) is 2.84. The Morgan fingerprint density at radius 1 is 0.758 bits per heavy atom. The number of nitrogens with zero attached hydrogens (tertiary/aromatic N) is 1. The van der Waals surface area contributed by atoms with E-state index < -0.39 is 0 Å². The van der Waals surface area contributed by atoms with Gasteiger partial charge in [0.05, 0.1) is 0 Å². The second-order valence-corrected chi connectivity index (χ2v) is 9.50. The van der Waals surface area contributed by atoms with E-state index in [0.717, 1.165) is 23.9 Å². The van der Waals surface area contributed by atoms with Crippen molar-refractivity contribution < 1.29 is 5.11 Å². The molecule has 0 amide bonds. The molecule has 0 spiro atoms. The molecule has 4 heteroatoms. The molecular formula is C29H33BrClNO. The third-order valence-corrected chi connectivity index (χ3v) is 6.77. The topological polar surface area (TPSA) is 23.5 Å². The van der Waals surface area contributed by atoms with Crippen LogP contribution in [0.4, 0.5) is 0 Å². The smallest absolute Gasteiger partial charge is 0.0434 e. The zero-order valence-corrected chi connectivity index (χ0v) is 21.5. The van der Waals surface area contributed by atoms with Crippen molar-refractivity contribution in [3.05, 3.63) is 106 Å². The number of rotatable bonds is 8. The van der Waals surface area contributed by atoms with Crippen molar-refractivity contribution in [3.8, 4) is 0 Å². The van der Waals surface area contributed by atoms with Crippen LogP contribution in [0.15, 0.2) is 83.3 Å². The van der Waals surface area contributed by atoms with E-state index in [-0.39, 0.29) is 19.0 Å². The molecule has 1 aliphatic rings. The molecule has 2 nitrogen and oxygen atoms in total. The average molecular weight is 527 g/mol. The highest BCUT2D eigenvalue weighted by Gasteiger charge is 2.15. The number of hydrogen-bond donors (Lipinski definition) is 1. The van der Waals surface area contributed by atoms with E-state index in [0.29, 0.717) is 0 Å². The molecule has 0 radical (unpaired) electrons. The molecule has 0 bridgehead atoms. The minimum Gasteiger partial charge on any atom is -0.396 e. The molecule has 0 unspecified atom stereocenters. The third-order valence-electron chi connectivity index (χ3n) is 6.24. The Morgan fingerprint density at radius 3 is 1.97 bits per heavy atom. The molecule has 1 fully saturated rings. The maximum Gasteiger partial charge on any atom is 0.0434 e. The summed E-state index contributed by atoms with van der Waals surface area (Å²) < 4.78 is 1.08. The third kappa shape index (κ3) is 7.04.